The van der Waals surface area contributed by atoms with Gasteiger partial charge in [0, 0.05) is 6.04 Å². The van der Waals surface area contributed by atoms with Crippen molar-refractivity contribution in [3.63, 3.8) is 0 Å². The van der Waals surface area contributed by atoms with Gasteiger partial charge in [-0.15, -0.1) is 11.3 Å². The molecule has 2 bridgehead atoms. The lowest BCUT2D eigenvalue weighted by Crippen LogP contribution is -2.41. The molecule has 2 saturated heterocycles. The number of carboxylic acids is 1. The van der Waals surface area contributed by atoms with Crippen molar-refractivity contribution in [2.45, 2.75) is 56.8 Å². The van der Waals surface area contributed by atoms with Crippen LogP contribution in [-0.4, -0.2) is 41.1 Å². The molecule has 0 spiro atoms. The van der Waals surface area contributed by atoms with Gasteiger partial charge in [0.1, 0.15) is 5.00 Å². The Hall–Kier alpha value is -1.93. The predicted octanol–water partition coefficient (Wildman–Crippen LogP) is 2.24. The Morgan fingerprint density at radius 1 is 1.08 bits per heavy atom. The van der Waals surface area contributed by atoms with Gasteiger partial charge in [0.05, 0.1) is 29.6 Å². The van der Waals surface area contributed by atoms with Crippen molar-refractivity contribution >= 4 is 34.1 Å². The molecule has 0 aromatic carbocycles. The lowest BCUT2D eigenvalue weighted by Gasteiger charge is -2.23. The number of aliphatic carboxylic acids is 1. The first kappa shape index (κ1) is 17.5. The third kappa shape index (κ3) is 3.12. The second kappa shape index (κ2) is 7.00. The summed E-state index contributed by atoms with van der Waals surface area (Å²) in [4.78, 5) is 36.8. The van der Waals surface area contributed by atoms with Crippen LogP contribution in [0.25, 0.3) is 0 Å². The minimum atomic E-state index is -0.997. The number of amides is 2. The molecule has 1 aromatic heterocycles. The van der Waals surface area contributed by atoms with Gasteiger partial charge in [0.25, 0.3) is 5.91 Å². The second-order valence-corrected chi connectivity index (χ2v) is 8.20. The first-order valence-corrected chi connectivity index (χ1v) is 10.00. The van der Waals surface area contributed by atoms with E-state index in [1.807, 2.05) is 0 Å². The number of carboxylic acid groups (broad SMARTS) is 1. The van der Waals surface area contributed by atoms with E-state index in [4.69, 9.17) is 4.74 Å². The van der Waals surface area contributed by atoms with E-state index in [2.05, 4.69) is 10.6 Å². The van der Waals surface area contributed by atoms with Crippen molar-refractivity contribution in [2.75, 3.05) is 5.32 Å². The third-order valence-electron chi connectivity index (χ3n) is 5.70. The zero-order chi connectivity index (χ0) is 18.3. The number of carbonyl (C=O) groups excluding carboxylic acids is 2. The molecule has 3 heterocycles. The highest BCUT2D eigenvalue weighted by Crippen LogP contribution is 2.44. The molecule has 3 fully saturated rings. The lowest BCUT2D eigenvalue weighted by molar-refractivity contribution is -0.147. The molecule has 2 amide bonds. The number of nitrogens with one attached hydrogen (secondary N) is 2. The summed E-state index contributed by atoms with van der Waals surface area (Å²) >= 11 is 1.27. The number of fused-ring (bicyclic) bond motifs is 2. The Labute approximate surface area is 155 Å². The molecule has 8 heteroatoms. The van der Waals surface area contributed by atoms with Gasteiger partial charge in [-0.3, -0.25) is 14.4 Å². The molecule has 1 aromatic rings. The molecule has 4 atom stereocenters. The van der Waals surface area contributed by atoms with Gasteiger partial charge >= 0.3 is 5.97 Å². The quantitative estimate of drug-likeness (QED) is 0.729. The summed E-state index contributed by atoms with van der Waals surface area (Å²) in [5.74, 6) is -3.08. The molecule has 0 unspecified atom stereocenters. The summed E-state index contributed by atoms with van der Waals surface area (Å²) in [7, 11) is 0. The third-order valence-corrected chi connectivity index (χ3v) is 6.53. The van der Waals surface area contributed by atoms with Gasteiger partial charge in [-0.2, -0.15) is 0 Å². The molecular weight excluding hydrogens is 356 g/mol. The van der Waals surface area contributed by atoms with Gasteiger partial charge in [-0.05, 0) is 37.1 Å². The molecule has 1 aliphatic carbocycles. The number of rotatable bonds is 5. The number of anilines is 1. The zero-order valence-corrected chi connectivity index (χ0v) is 15.1. The highest BCUT2D eigenvalue weighted by molar-refractivity contribution is 7.14. The molecule has 2 aliphatic heterocycles. The summed E-state index contributed by atoms with van der Waals surface area (Å²) in [6, 6.07) is 1.89. The van der Waals surface area contributed by atoms with E-state index in [1.165, 1.54) is 11.3 Å². The van der Waals surface area contributed by atoms with Crippen LogP contribution in [0.4, 0.5) is 5.00 Å². The van der Waals surface area contributed by atoms with Crippen LogP contribution in [-0.2, 0) is 14.3 Å². The van der Waals surface area contributed by atoms with Crippen molar-refractivity contribution in [2.24, 2.45) is 11.8 Å². The van der Waals surface area contributed by atoms with Crippen LogP contribution >= 0.6 is 11.3 Å². The second-order valence-electron chi connectivity index (χ2n) is 7.29. The van der Waals surface area contributed by atoms with E-state index in [-0.39, 0.29) is 30.1 Å². The summed E-state index contributed by atoms with van der Waals surface area (Å²) < 4.78 is 5.65. The first-order chi connectivity index (χ1) is 12.5. The lowest BCUT2D eigenvalue weighted by atomic mass is 9.79. The molecule has 4 rings (SSSR count). The summed E-state index contributed by atoms with van der Waals surface area (Å²) in [5.41, 5.74) is 0.436. The highest BCUT2D eigenvalue weighted by Gasteiger charge is 2.55. The molecule has 3 N–H and O–H groups in total. The zero-order valence-electron chi connectivity index (χ0n) is 14.3. The number of carbonyl (C=O) groups is 3. The minimum Gasteiger partial charge on any atom is -0.481 e. The predicted molar refractivity (Wildman–Crippen MR) is 95.2 cm³/mol. The fourth-order valence-corrected chi connectivity index (χ4v) is 5.23. The number of hydrogen-bond donors (Lipinski definition) is 3. The molecule has 3 aliphatic rings. The van der Waals surface area contributed by atoms with Crippen molar-refractivity contribution in [3.05, 3.63) is 17.0 Å². The minimum absolute atomic E-state index is 0.188. The van der Waals surface area contributed by atoms with Crippen molar-refractivity contribution in [3.8, 4) is 0 Å². The van der Waals surface area contributed by atoms with E-state index < -0.39 is 17.8 Å². The van der Waals surface area contributed by atoms with E-state index in [1.54, 1.807) is 11.4 Å². The maximum atomic E-state index is 12.8. The molecular formula is C18H22N2O5S. The van der Waals surface area contributed by atoms with Crippen molar-refractivity contribution < 1.29 is 24.2 Å². The first-order valence-electron chi connectivity index (χ1n) is 9.12. The molecule has 26 heavy (non-hydrogen) atoms. The number of hydrogen-bond acceptors (Lipinski definition) is 5. The summed E-state index contributed by atoms with van der Waals surface area (Å²) in [6.45, 7) is 0. The fraction of sp³-hybridized carbons (Fsp3) is 0.611. The normalized spacial score (nSPS) is 30.5. The van der Waals surface area contributed by atoms with Crippen LogP contribution in [0.5, 0.6) is 0 Å². The summed E-state index contributed by atoms with van der Waals surface area (Å²) in [6.07, 6.45) is 4.86. The standard InChI is InChI=1S/C18H22N2O5S/c21-15(19-9-3-1-2-4-9)10-7-8-26-17(10)20-16(22)13-11-5-6-12(25-11)14(13)18(23)24/h7-9,11-14H,1-6H2,(H,19,21)(H,20,22)(H,23,24)/t11-,12-,13+,14-/m1/s1. The molecule has 140 valence electrons. The van der Waals surface area contributed by atoms with Crippen LogP contribution in [0.1, 0.15) is 48.9 Å². The topological polar surface area (TPSA) is 105 Å². The van der Waals surface area contributed by atoms with Crippen LogP contribution < -0.4 is 10.6 Å². The average molecular weight is 378 g/mol. The maximum Gasteiger partial charge on any atom is 0.310 e. The maximum absolute atomic E-state index is 12.8. The largest absolute Gasteiger partial charge is 0.481 e. The van der Waals surface area contributed by atoms with E-state index >= 15 is 0 Å². The molecule has 1 saturated carbocycles. The fourth-order valence-electron chi connectivity index (χ4n) is 4.44. The van der Waals surface area contributed by atoms with Crippen LogP contribution in [0.15, 0.2) is 11.4 Å². The van der Waals surface area contributed by atoms with Gasteiger partial charge in [-0.25, -0.2) is 0 Å². The number of thiophene rings is 1. The Morgan fingerprint density at radius 3 is 2.46 bits per heavy atom. The Morgan fingerprint density at radius 2 is 1.77 bits per heavy atom. The van der Waals surface area contributed by atoms with E-state index in [0.29, 0.717) is 23.4 Å². The molecule has 0 radical (unpaired) electrons. The highest BCUT2D eigenvalue weighted by atomic mass is 32.1. The van der Waals surface area contributed by atoms with E-state index in [0.717, 1.165) is 25.7 Å². The van der Waals surface area contributed by atoms with Gasteiger partial charge < -0.3 is 20.5 Å². The SMILES string of the molecule is O=C(NC1CCCC1)c1ccsc1NC(=O)[C@@H]1[C@H](C(=O)O)[C@H]2CC[C@H]1O2. The van der Waals surface area contributed by atoms with Crippen LogP contribution in [0.3, 0.4) is 0 Å². The number of ether oxygens (including phenoxy) is 1. The average Bonchev–Trinajstić information content (AvgIpc) is 3.37. The Bertz CT molecular complexity index is 727. The Balaban J connectivity index is 1.46. The van der Waals surface area contributed by atoms with E-state index in [9.17, 15) is 19.5 Å². The van der Waals surface area contributed by atoms with Gasteiger partial charge in [0.2, 0.25) is 5.91 Å². The summed E-state index contributed by atoms with van der Waals surface area (Å²) in [5, 5.41) is 17.5. The van der Waals surface area contributed by atoms with Gasteiger partial charge in [0.15, 0.2) is 0 Å². The van der Waals surface area contributed by atoms with Crippen LogP contribution in [0.2, 0.25) is 0 Å². The van der Waals surface area contributed by atoms with Crippen molar-refractivity contribution in [1.82, 2.24) is 5.32 Å². The monoisotopic (exact) mass is 378 g/mol. The molecule has 7 nitrogen and oxygen atoms in total. The Kier molecular flexibility index (Phi) is 4.71. The van der Waals surface area contributed by atoms with Gasteiger partial charge in [-0.1, -0.05) is 12.8 Å². The smallest absolute Gasteiger partial charge is 0.310 e. The van der Waals surface area contributed by atoms with Crippen molar-refractivity contribution in [1.29, 1.82) is 0 Å². The van der Waals surface area contributed by atoms with Crippen LogP contribution in [0, 0.1) is 11.8 Å².